The molecule has 0 aliphatic carbocycles. The van der Waals surface area contributed by atoms with Crippen LogP contribution in [0.15, 0.2) is 18.2 Å². The van der Waals surface area contributed by atoms with Gasteiger partial charge in [0.15, 0.2) is 0 Å². The Kier molecular flexibility index (Phi) is 4.43. The standard InChI is InChI=1S/C15H22N2O2/c1-12-4-5-15(14(10-12)11-18)17-7-3-6-16(8-9-17)13(2)19/h4-5,10,18H,3,6-9,11H2,1-2H3. The smallest absolute Gasteiger partial charge is 0.219 e. The van der Waals surface area contributed by atoms with Crippen LogP contribution in [0.5, 0.6) is 0 Å². The summed E-state index contributed by atoms with van der Waals surface area (Å²) >= 11 is 0. The molecule has 1 aromatic carbocycles. The van der Waals surface area contributed by atoms with Crippen LogP contribution in [0, 0.1) is 6.92 Å². The highest BCUT2D eigenvalue weighted by Gasteiger charge is 2.18. The lowest BCUT2D eigenvalue weighted by molar-refractivity contribution is -0.128. The minimum Gasteiger partial charge on any atom is -0.392 e. The van der Waals surface area contributed by atoms with E-state index in [2.05, 4.69) is 17.0 Å². The normalized spacial score (nSPS) is 16.4. The SMILES string of the molecule is CC(=O)N1CCCN(c2ccc(C)cc2CO)CC1. The number of hydrogen-bond acceptors (Lipinski definition) is 3. The highest BCUT2D eigenvalue weighted by molar-refractivity contribution is 5.73. The Morgan fingerprint density at radius 1 is 1.26 bits per heavy atom. The van der Waals surface area contributed by atoms with E-state index >= 15 is 0 Å². The van der Waals surface area contributed by atoms with Crippen molar-refractivity contribution in [3.8, 4) is 0 Å². The molecule has 0 atom stereocenters. The van der Waals surface area contributed by atoms with Crippen molar-refractivity contribution in [3.63, 3.8) is 0 Å². The molecule has 4 nitrogen and oxygen atoms in total. The van der Waals surface area contributed by atoms with E-state index in [9.17, 15) is 9.90 Å². The Hall–Kier alpha value is -1.55. The molecule has 0 saturated carbocycles. The third-order valence-corrected chi connectivity index (χ3v) is 3.69. The van der Waals surface area contributed by atoms with Crippen LogP contribution < -0.4 is 4.90 Å². The second-order valence-corrected chi connectivity index (χ2v) is 5.14. The molecule has 4 heteroatoms. The number of aryl methyl sites for hydroxylation is 1. The molecule has 0 unspecified atom stereocenters. The molecule has 2 rings (SSSR count). The fraction of sp³-hybridized carbons (Fsp3) is 0.533. The first kappa shape index (κ1) is 13.9. The molecule has 104 valence electrons. The van der Waals surface area contributed by atoms with Crippen molar-refractivity contribution in [2.24, 2.45) is 0 Å². The number of aliphatic hydroxyl groups is 1. The minimum atomic E-state index is 0.0595. The first-order valence-corrected chi connectivity index (χ1v) is 6.82. The van der Waals surface area contributed by atoms with Crippen LogP contribution in [0.4, 0.5) is 5.69 Å². The first-order valence-electron chi connectivity index (χ1n) is 6.82. The Balaban J connectivity index is 2.16. The van der Waals surface area contributed by atoms with Crippen molar-refractivity contribution in [1.82, 2.24) is 4.90 Å². The van der Waals surface area contributed by atoms with Gasteiger partial charge in [-0.25, -0.2) is 0 Å². The lowest BCUT2D eigenvalue weighted by Gasteiger charge is -2.25. The Morgan fingerprint density at radius 2 is 2.05 bits per heavy atom. The van der Waals surface area contributed by atoms with Gasteiger partial charge in [0, 0.05) is 44.4 Å². The topological polar surface area (TPSA) is 43.8 Å². The number of rotatable bonds is 2. The third kappa shape index (κ3) is 3.26. The summed E-state index contributed by atoms with van der Waals surface area (Å²) in [6.07, 6.45) is 0.971. The quantitative estimate of drug-likeness (QED) is 0.879. The van der Waals surface area contributed by atoms with Gasteiger partial charge < -0.3 is 14.9 Å². The first-order chi connectivity index (χ1) is 9.11. The zero-order valence-electron chi connectivity index (χ0n) is 11.7. The van der Waals surface area contributed by atoms with Gasteiger partial charge in [-0.3, -0.25) is 4.79 Å². The molecule has 1 N–H and O–H groups in total. The molecule has 0 radical (unpaired) electrons. The van der Waals surface area contributed by atoms with Crippen molar-refractivity contribution in [3.05, 3.63) is 29.3 Å². The molecule has 1 amide bonds. The van der Waals surface area contributed by atoms with Crippen molar-refractivity contribution >= 4 is 11.6 Å². The predicted octanol–water partition coefficient (Wildman–Crippen LogP) is 1.55. The Bertz CT molecular complexity index is 459. The fourth-order valence-corrected chi connectivity index (χ4v) is 2.62. The number of hydrogen-bond donors (Lipinski definition) is 1. The number of carbonyl (C=O) groups is 1. The third-order valence-electron chi connectivity index (χ3n) is 3.69. The number of carbonyl (C=O) groups excluding carboxylic acids is 1. The van der Waals surface area contributed by atoms with E-state index in [4.69, 9.17) is 0 Å². The largest absolute Gasteiger partial charge is 0.392 e. The molecular weight excluding hydrogens is 240 g/mol. The molecule has 1 fully saturated rings. The fourth-order valence-electron chi connectivity index (χ4n) is 2.62. The molecule has 1 aromatic rings. The highest BCUT2D eigenvalue weighted by atomic mass is 16.3. The zero-order chi connectivity index (χ0) is 13.8. The molecule has 1 saturated heterocycles. The van der Waals surface area contributed by atoms with Gasteiger partial charge in [0.2, 0.25) is 5.91 Å². The van der Waals surface area contributed by atoms with Crippen LogP contribution in [-0.2, 0) is 11.4 Å². The van der Waals surface area contributed by atoms with E-state index in [1.54, 1.807) is 6.92 Å². The van der Waals surface area contributed by atoms with Gasteiger partial charge >= 0.3 is 0 Å². The zero-order valence-corrected chi connectivity index (χ0v) is 11.7. The second kappa shape index (κ2) is 6.06. The molecule has 0 spiro atoms. The predicted molar refractivity (Wildman–Crippen MR) is 76.2 cm³/mol. The van der Waals surface area contributed by atoms with Crippen LogP contribution in [-0.4, -0.2) is 42.1 Å². The molecule has 19 heavy (non-hydrogen) atoms. The number of benzene rings is 1. The number of amides is 1. The van der Waals surface area contributed by atoms with Crippen LogP contribution in [0.25, 0.3) is 0 Å². The lowest BCUT2D eigenvalue weighted by Crippen LogP contribution is -2.33. The van der Waals surface area contributed by atoms with Gasteiger partial charge in [-0.1, -0.05) is 17.7 Å². The Labute approximate surface area is 114 Å². The minimum absolute atomic E-state index is 0.0595. The summed E-state index contributed by atoms with van der Waals surface area (Å²) in [7, 11) is 0. The van der Waals surface area contributed by atoms with E-state index < -0.39 is 0 Å². The summed E-state index contributed by atoms with van der Waals surface area (Å²) in [6.45, 7) is 7.06. The average Bonchev–Trinajstić information content (AvgIpc) is 2.64. The maximum absolute atomic E-state index is 11.4. The van der Waals surface area contributed by atoms with Crippen LogP contribution in [0.3, 0.4) is 0 Å². The summed E-state index contributed by atoms with van der Waals surface area (Å²) in [5.41, 5.74) is 3.22. The maximum Gasteiger partial charge on any atom is 0.219 e. The lowest BCUT2D eigenvalue weighted by atomic mass is 10.1. The van der Waals surface area contributed by atoms with Gasteiger partial charge in [-0.05, 0) is 19.4 Å². The molecular formula is C15H22N2O2. The molecule has 0 aromatic heterocycles. The van der Waals surface area contributed by atoms with E-state index in [1.165, 1.54) is 0 Å². The number of nitrogens with zero attached hydrogens (tertiary/aromatic N) is 2. The molecule has 1 aliphatic rings. The van der Waals surface area contributed by atoms with E-state index in [0.717, 1.165) is 49.4 Å². The summed E-state index contributed by atoms with van der Waals surface area (Å²) in [4.78, 5) is 15.6. The van der Waals surface area contributed by atoms with Gasteiger partial charge in [-0.2, -0.15) is 0 Å². The van der Waals surface area contributed by atoms with Crippen molar-refractivity contribution in [2.45, 2.75) is 26.9 Å². The van der Waals surface area contributed by atoms with Crippen LogP contribution in [0.2, 0.25) is 0 Å². The maximum atomic E-state index is 11.4. The van der Waals surface area contributed by atoms with E-state index in [0.29, 0.717) is 0 Å². The monoisotopic (exact) mass is 262 g/mol. The van der Waals surface area contributed by atoms with Gasteiger partial charge in [0.1, 0.15) is 0 Å². The van der Waals surface area contributed by atoms with E-state index in [1.807, 2.05) is 17.9 Å². The van der Waals surface area contributed by atoms with Crippen molar-refractivity contribution in [2.75, 3.05) is 31.1 Å². The summed E-state index contributed by atoms with van der Waals surface area (Å²) in [5, 5.41) is 9.49. The second-order valence-electron chi connectivity index (χ2n) is 5.14. The summed E-state index contributed by atoms with van der Waals surface area (Å²) < 4.78 is 0. The number of anilines is 1. The highest BCUT2D eigenvalue weighted by Crippen LogP contribution is 2.23. The number of aliphatic hydroxyl groups excluding tert-OH is 1. The van der Waals surface area contributed by atoms with Crippen LogP contribution in [0.1, 0.15) is 24.5 Å². The van der Waals surface area contributed by atoms with Gasteiger partial charge in [0.05, 0.1) is 6.61 Å². The summed E-state index contributed by atoms with van der Waals surface area (Å²) in [6, 6.07) is 6.18. The van der Waals surface area contributed by atoms with Crippen molar-refractivity contribution in [1.29, 1.82) is 0 Å². The Morgan fingerprint density at radius 3 is 2.74 bits per heavy atom. The van der Waals surface area contributed by atoms with Crippen molar-refractivity contribution < 1.29 is 9.90 Å². The van der Waals surface area contributed by atoms with Gasteiger partial charge in [-0.15, -0.1) is 0 Å². The van der Waals surface area contributed by atoms with Crippen LogP contribution >= 0.6 is 0 Å². The molecule has 1 heterocycles. The van der Waals surface area contributed by atoms with Gasteiger partial charge in [0.25, 0.3) is 0 Å². The van der Waals surface area contributed by atoms with E-state index in [-0.39, 0.29) is 12.5 Å². The average molecular weight is 262 g/mol. The molecule has 1 aliphatic heterocycles. The summed E-state index contributed by atoms with van der Waals surface area (Å²) in [5.74, 6) is 0.146. The molecule has 0 bridgehead atoms.